The average molecular weight is 405 g/mol. The summed E-state index contributed by atoms with van der Waals surface area (Å²) >= 11 is 0. The highest BCUT2D eigenvalue weighted by Crippen LogP contribution is 2.29. The van der Waals surface area contributed by atoms with E-state index in [2.05, 4.69) is 0 Å². The quantitative estimate of drug-likeness (QED) is 0.585. The van der Waals surface area contributed by atoms with Gasteiger partial charge in [0.1, 0.15) is 11.5 Å². The summed E-state index contributed by atoms with van der Waals surface area (Å²) in [6.07, 6.45) is 0. The highest BCUT2D eigenvalue weighted by atomic mass is 32.2. The van der Waals surface area contributed by atoms with Crippen molar-refractivity contribution < 1.29 is 27.1 Å². The number of fused-ring (bicyclic) bond motifs is 1. The lowest BCUT2D eigenvalue weighted by Gasteiger charge is -2.12. The van der Waals surface area contributed by atoms with Gasteiger partial charge >= 0.3 is 5.97 Å². The highest BCUT2D eigenvalue weighted by Gasteiger charge is 2.28. The molecule has 6 nitrogen and oxygen atoms in total. The number of ether oxygens (including phenoxy) is 2. The molecule has 2 aromatic carbocycles. The van der Waals surface area contributed by atoms with Crippen LogP contribution in [0.4, 0.5) is 4.39 Å². The van der Waals surface area contributed by atoms with Gasteiger partial charge in [-0.15, -0.1) is 0 Å². The Kier molecular flexibility index (Phi) is 5.53. The van der Waals surface area contributed by atoms with Crippen LogP contribution in [0.3, 0.4) is 0 Å². The number of nitrogens with zero attached hydrogens (tertiary/aromatic N) is 1. The van der Waals surface area contributed by atoms with Crippen molar-refractivity contribution >= 4 is 26.9 Å². The molecule has 3 aromatic rings. The van der Waals surface area contributed by atoms with Crippen LogP contribution in [0.2, 0.25) is 0 Å². The zero-order valence-electron chi connectivity index (χ0n) is 15.7. The van der Waals surface area contributed by atoms with E-state index in [0.717, 1.165) is 9.54 Å². The van der Waals surface area contributed by atoms with Gasteiger partial charge in [0.25, 0.3) is 10.0 Å². The van der Waals surface area contributed by atoms with Gasteiger partial charge in [0.15, 0.2) is 0 Å². The second-order valence-electron chi connectivity index (χ2n) is 6.27. The SMILES string of the molecule is CCOC(=O)c1cc2cc(F)c(COC)cc2n1S(=O)(=O)c1ccc(C)cc1. The predicted molar refractivity (Wildman–Crippen MR) is 102 cm³/mol. The molecule has 0 unspecified atom stereocenters. The summed E-state index contributed by atoms with van der Waals surface area (Å²) in [5.74, 6) is -1.35. The summed E-state index contributed by atoms with van der Waals surface area (Å²) < 4.78 is 51.9. The molecule has 0 aliphatic heterocycles. The molecule has 148 valence electrons. The minimum Gasteiger partial charge on any atom is -0.461 e. The van der Waals surface area contributed by atoms with Crippen LogP contribution in [-0.4, -0.2) is 32.1 Å². The Hall–Kier alpha value is -2.71. The van der Waals surface area contributed by atoms with Crippen LogP contribution in [-0.2, 0) is 26.1 Å². The van der Waals surface area contributed by atoms with Gasteiger partial charge in [0.05, 0.1) is 23.6 Å². The first kappa shape index (κ1) is 20.0. The smallest absolute Gasteiger partial charge is 0.356 e. The monoisotopic (exact) mass is 405 g/mol. The summed E-state index contributed by atoms with van der Waals surface area (Å²) in [4.78, 5) is 12.4. The molecule has 0 aliphatic carbocycles. The molecule has 1 aromatic heterocycles. The summed E-state index contributed by atoms with van der Waals surface area (Å²) in [6.45, 7) is 3.50. The number of carbonyl (C=O) groups excluding carboxylic acids is 1. The first-order valence-corrected chi connectivity index (χ1v) is 10.1. The van der Waals surface area contributed by atoms with Crippen LogP contribution in [0.25, 0.3) is 10.9 Å². The average Bonchev–Trinajstić information content (AvgIpc) is 3.02. The van der Waals surface area contributed by atoms with Gasteiger partial charge < -0.3 is 9.47 Å². The number of hydrogen-bond donors (Lipinski definition) is 0. The number of halogens is 1. The number of methoxy groups -OCH3 is 1. The zero-order chi connectivity index (χ0) is 20.5. The first-order valence-electron chi connectivity index (χ1n) is 8.61. The third-order valence-corrected chi connectivity index (χ3v) is 6.01. The largest absolute Gasteiger partial charge is 0.461 e. The molecular weight excluding hydrogens is 385 g/mol. The lowest BCUT2D eigenvalue weighted by molar-refractivity contribution is 0.0518. The maximum absolute atomic E-state index is 14.3. The fraction of sp³-hybridized carbons (Fsp3) is 0.250. The number of rotatable bonds is 6. The van der Waals surface area contributed by atoms with E-state index in [4.69, 9.17) is 9.47 Å². The molecule has 0 saturated heterocycles. The Morgan fingerprint density at radius 3 is 2.43 bits per heavy atom. The van der Waals surface area contributed by atoms with Gasteiger partial charge in [-0.3, -0.25) is 0 Å². The topological polar surface area (TPSA) is 74.6 Å². The fourth-order valence-electron chi connectivity index (χ4n) is 2.94. The number of hydrogen-bond acceptors (Lipinski definition) is 5. The normalized spacial score (nSPS) is 11.7. The Morgan fingerprint density at radius 1 is 1.14 bits per heavy atom. The molecule has 8 heteroatoms. The first-order chi connectivity index (χ1) is 13.3. The Bertz CT molecular complexity index is 1130. The van der Waals surface area contributed by atoms with Crippen LogP contribution in [0.15, 0.2) is 47.4 Å². The molecule has 0 bridgehead atoms. The van der Waals surface area contributed by atoms with Crippen LogP contribution >= 0.6 is 0 Å². The zero-order valence-corrected chi connectivity index (χ0v) is 16.5. The second kappa shape index (κ2) is 7.73. The maximum Gasteiger partial charge on any atom is 0.356 e. The van der Waals surface area contributed by atoms with Crippen molar-refractivity contribution in [1.82, 2.24) is 3.97 Å². The summed E-state index contributed by atoms with van der Waals surface area (Å²) in [6, 6.07) is 10.1. The fourth-order valence-corrected chi connectivity index (χ4v) is 4.43. The number of esters is 1. The van der Waals surface area contributed by atoms with E-state index in [1.165, 1.54) is 37.4 Å². The molecule has 0 amide bonds. The summed E-state index contributed by atoms with van der Waals surface area (Å²) in [5, 5.41) is 0.274. The highest BCUT2D eigenvalue weighted by molar-refractivity contribution is 7.90. The van der Waals surface area contributed by atoms with Crippen molar-refractivity contribution in [1.29, 1.82) is 0 Å². The van der Waals surface area contributed by atoms with E-state index in [1.807, 2.05) is 6.92 Å². The molecule has 0 spiro atoms. The number of benzene rings is 2. The van der Waals surface area contributed by atoms with Gasteiger partial charge in [0, 0.05) is 18.1 Å². The third kappa shape index (κ3) is 3.53. The van der Waals surface area contributed by atoms with Crippen molar-refractivity contribution in [3.05, 3.63) is 65.1 Å². The van der Waals surface area contributed by atoms with E-state index in [9.17, 15) is 17.6 Å². The molecular formula is C20H20FNO5S. The number of aromatic nitrogens is 1. The second-order valence-corrected chi connectivity index (χ2v) is 8.05. The number of aryl methyl sites for hydroxylation is 1. The standard InChI is InChI=1S/C20H20FNO5S/c1-4-27-20(23)19-10-14-9-17(21)15(12-26-3)11-18(14)22(19)28(24,25)16-7-5-13(2)6-8-16/h5-11H,4,12H2,1-3H3. The van der Waals surface area contributed by atoms with Gasteiger partial charge in [-0.1, -0.05) is 17.7 Å². The maximum atomic E-state index is 14.3. The van der Waals surface area contributed by atoms with Gasteiger partial charge in [-0.05, 0) is 44.2 Å². The van der Waals surface area contributed by atoms with Crippen molar-refractivity contribution in [2.24, 2.45) is 0 Å². The molecule has 0 atom stereocenters. The van der Waals surface area contributed by atoms with Gasteiger partial charge in [-0.25, -0.2) is 21.6 Å². The van der Waals surface area contributed by atoms with Crippen LogP contribution in [0.1, 0.15) is 28.5 Å². The predicted octanol–water partition coefficient (Wildman–Crippen LogP) is 3.65. The van der Waals surface area contributed by atoms with Crippen molar-refractivity contribution in [2.75, 3.05) is 13.7 Å². The van der Waals surface area contributed by atoms with E-state index in [-0.39, 0.29) is 40.3 Å². The van der Waals surface area contributed by atoms with Crippen LogP contribution in [0, 0.1) is 12.7 Å². The molecule has 0 radical (unpaired) electrons. The van der Waals surface area contributed by atoms with Crippen molar-refractivity contribution in [3.8, 4) is 0 Å². The minimum atomic E-state index is -4.12. The molecule has 28 heavy (non-hydrogen) atoms. The third-order valence-electron chi connectivity index (χ3n) is 4.27. The number of carbonyl (C=O) groups is 1. The van der Waals surface area contributed by atoms with E-state index in [1.54, 1.807) is 19.1 Å². The molecule has 0 fully saturated rings. The van der Waals surface area contributed by atoms with Crippen LogP contribution in [0.5, 0.6) is 0 Å². The molecule has 0 N–H and O–H groups in total. The van der Waals surface area contributed by atoms with E-state index >= 15 is 0 Å². The summed E-state index contributed by atoms with van der Waals surface area (Å²) in [5.41, 5.74) is 1.07. The Balaban J connectivity index is 2.33. The molecule has 0 aliphatic rings. The molecule has 0 saturated carbocycles. The Morgan fingerprint density at radius 2 is 1.82 bits per heavy atom. The van der Waals surface area contributed by atoms with Crippen molar-refractivity contribution in [3.63, 3.8) is 0 Å². The van der Waals surface area contributed by atoms with E-state index in [0.29, 0.717) is 0 Å². The molecule has 3 rings (SSSR count). The van der Waals surface area contributed by atoms with Crippen LogP contribution < -0.4 is 0 Å². The Labute approximate surface area is 162 Å². The minimum absolute atomic E-state index is 0.0127. The van der Waals surface area contributed by atoms with Gasteiger partial charge in [-0.2, -0.15) is 0 Å². The lowest BCUT2D eigenvalue weighted by Crippen LogP contribution is -2.20. The lowest BCUT2D eigenvalue weighted by atomic mass is 10.1. The van der Waals surface area contributed by atoms with Crippen molar-refractivity contribution in [2.45, 2.75) is 25.3 Å². The van der Waals surface area contributed by atoms with Gasteiger partial charge in [0.2, 0.25) is 0 Å². The molecule has 1 heterocycles. The summed E-state index contributed by atoms with van der Waals surface area (Å²) in [7, 11) is -2.71. The van der Waals surface area contributed by atoms with E-state index < -0.39 is 21.8 Å².